The first-order valence-electron chi connectivity index (χ1n) is 4.51. The van der Waals surface area contributed by atoms with Crippen LogP contribution in [0.4, 0.5) is 0 Å². The van der Waals surface area contributed by atoms with Gasteiger partial charge in [-0.25, -0.2) is 4.68 Å². The number of nitrogens with zero attached hydrogens (tertiary/aromatic N) is 3. The molecule has 0 aliphatic heterocycles. The normalized spacial score (nSPS) is 10.9. The molecule has 0 spiro atoms. The van der Waals surface area contributed by atoms with Gasteiger partial charge in [-0.3, -0.25) is 5.32 Å². The second-order valence-corrected chi connectivity index (χ2v) is 2.96. The largest absolute Gasteiger partial charge is 0.395 e. The monoisotopic (exact) mass is 192 g/mol. The topological polar surface area (TPSA) is 63.0 Å². The van der Waals surface area contributed by atoms with Crippen LogP contribution in [0.3, 0.4) is 0 Å². The molecular weight excluding hydrogens is 180 g/mol. The number of hydrogen-bond donors (Lipinski definition) is 2. The zero-order valence-electron chi connectivity index (χ0n) is 7.72. The van der Waals surface area contributed by atoms with Crippen molar-refractivity contribution in [3.8, 4) is 0 Å². The number of aliphatic hydroxyl groups is 1. The lowest BCUT2D eigenvalue weighted by atomic mass is 10.3. The summed E-state index contributed by atoms with van der Waals surface area (Å²) in [6, 6.07) is 7.78. The van der Waals surface area contributed by atoms with Gasteiger partial charge in [-0.2, -0.15) is 0 Å². The molecule has 0 aliphatic rings. The van der Waals surface area contributed by atoms with Crippen LogP contribution in [0.5, 0.6) is 0 Å². The fourth-order valence-electron chi connectivity index (χ4n) is 1.30. The molecule has 0 fully saturated rings. The Balaban J connectivity index is 2.17. The van der Waals surface area contributed by atoms with Crippen LogP contribution in [0.15, 0.2) is 24.3 Å². The highest BCUT2D eigenvalue weighted by Crippen LogP contribution is 2.08. The lowest BCUT2D eigenvalue weighted by molar-refractivity contribution is 0.285. The van der Waals surface area contributed by atoms with Crippen molar-refractivity contribution in [2.75, 3.05) is 13.2 Å². The molecule has 0 bridgehead atoms. The Morgan fingerprint density at radius 1 is 1.36 bits per heavy atom. The van der Waals surface area contributed by atoms with Crippen molar-refractivity contribution in [3.63, 3.8) is 0 Å². The number of rotatable bonds is 4. The fraction of sp³-hybridized carbons (Fsp3) is 0.333. The molecule has 0 aliphatic carbocycles. The highest BCUT2D eigenvalue weighted by Gasteiger charge is 2.01. The van der Waals surface area contributed by atoms with E-state index < -0.39 is 0 Å². The Hall–Kier alpha value is -1.46. The van der Waals surface area contributed by atoms with Crippen LogP contribution in [-0.2, 0) is 6.67 Å². The Bertz CT molecular complexity index is 412. The average molecular weight is 192 g/mol. The van der Waals surface area contributed by atoms with Crippen LogP contribution < -0.4 is 5.32 Å². The zero-order valence-corrected chi connectivity index (χ0v) is 7.72. The van der Waals surface area contributed by atoms with Gasteiger partial charge in [-0.15, -0.1) is 5.10 Å². The molecule has 1 aromatic carbocycles. The van der Waals surface area contributed by atoms with Crippen molar-refractivity contribution in [1.82, 2.24) is 20.3 Å². The van der Waals surface area contributed by atoms with Gasteiger partial charge in [0.1, 0.15) is 5.52 Å². The van der Waals surface area contributed by atoms with Crippen molar-refractivity contribution in [2.45, 2.75) is 6.67 Å². The zero-order chi connectivity index (χ0) is 9.80. The SMILES string of the molecule is OCCNCn1nnc2ccccc21. The molecule has 2 rings (SSSR count). The van der Waals surface area contributed by atoms with Gasteiger partial charge >= 0.3 is 0 Å². The molecule has 2 aromatic rings. The summed E-state index contributed by atoms with van der Waals surface area (Å²) >= 11 is 0. The van der Waals surface area contributed by atoms with E-state index in [1.165, 1.54) is 0 Å². The van der Waals surface area contributed by atoms with Crippen LogP contribution in [0.25, 0.3) is 11.0 Å². The second kappa shape index (κ2) is 4.17. The number of hydrogen-bond acceptors (Lipinski definition) is 4. The lowest BCUT2D eigenvalue weighted by Crippen LogP contribution is -2.22. The fourth-order valence-corrected chi connectivity index (χ4v) is 1.30. The molecule has 2 N–H and O–H groups in total. The van der Waals surface area contributed by atoms with Gasteiger partial charge in [-0.05, 0) is 12.1 Å². The summed E-state index contributed by atoms with van der Waals surface area (Å²) in [5.74, 6) is 0. The minimum Gasteiger partial charge on any atom is -0.395 e. The highest BCUT2D eigenvalue weighted by atomic mass is 16.3. The van der Waals surface area contributed by atoms with Crippen LogP contribution in [0.2, 0.25) is 0 Å². The number of aromatic nitrogens is 3. The number of benzene rings is 1. The molecule has 0 saturated heterocycles. The van der Waals surface area contributed by atoms with Gasteiger partial charge in [0.25, 0.3) is 0 Å². The summed E-state index contributed by atoms with van der Waals surface area (Å²) in [7, 11) is 0. The van der Waals surface area contributed by atoms with E-state index in [1.54, 1.807) is 4.68 Å². The van der Waals surface area contributed by atoms with Gasteiger partial charge in [0.05, 0.1) is 18.8 Å². The van der Waals surface area contributed by atoms with Crippen molar-refractivity contribution >= 4 is 11.0 Å². The van der Waals surface area contributed by atoms with E-state index in [4.69, 9.17) is 5.11 Å². The van der Waals surface area contributed by atoms with Gasteiger partial charge in [0.15, 0.2) is 0 Å². The molecule has 14 heavy (non-hydrogen) atoms. The summed E-state index contributed by atoms with van der Waals surface area (Å²) < 4.78 is 1.77. The van der Waals surface area contributed by atoms with Gasteiger partial charge in [-0.1, -0.05) is 17.3 Å². The van der Waals surface area contributed by atoms with E-state index in [9.17, 15) is 0 Å². The first-order valence-corrected chi connectivity index (χ1v) is 4.51. The Morgan fingerprint density at radius 2 is 2.21 bits per heavy atom. The lowest BCUT2D eigenvalue weighted by Gasteiger charge is -2.02. The summed E-state index contributed by atoms with van der Waals surface area (Å²) in [5.41, 5.74) is 1.89. The molecule has 0 atom stereocenters. The summed E-state index contributed by atoms with van der Waals surface area (Å²) in [5, 5.41) is 19.6. The molecule has 0 unspecified atom stereocenters. The third-order valence-electron chi connectivity index (χ3n) is 1.97. The molecule has 0 saturated carbocycles. The molecule has 0 radical (unpaired) electrons. The number of nitrogens with one attached hydrogen (secondary N) is 1. The van der Waals surface area contributed by atoms with Crippen LogP contribution >= 0.6 is 0 Å². The smallest absolute Gasteiger partial charge is 0.113 e. The maximum Gasteiger partial charge on any atom is 0.113 e. The minimum atomic E-state index is 0.132. The van der Waals surface area contributed by atoms with Gasteiger partial charge in [0.2, 0.25) is 0 Å². The Morgan fingerprint density at radius 3 is 3.07 bits per heavy atom. The van der Waals surface area contributed by atoms with E-state index in [0.29, 0.717) is 13.2 Å². The van der Waals surface area contributed by atoms with Crippen molar-refractivity contribution in [3.05, 3.63) is 24.3 Å². The number of fused-ring (bicyclic) bond motifs is 1. The predicted octanol–water partition coefficient (Wildman–Crippen LogP) is -0.0293. The second-order valence-electron chi connectivity index (χ2n) is 2.96. The maximum atomic E-state index is 8.60. The number of aliphatic hydroxyl groups excluding tert-OH is 1. The van der Waals surface area contributed by atoms with E-state index in [0.717, 1.165) is 11.0 Å². The van der Waals surface area contributed by atoms with Crippen molar-refractivity contribution in [1.29, 1.82) is 0 Å². The third kappa shape index (κ3) is 1.73. The van der Waals surface area contributed by atoms with Crippen LogP contribution in [-0.4, -0.2) is 33.3 Å². The third-order valence-corrected chi connectivity index (χ3v) is 1.97. The van der Waals surface area contributed by atoms with Gasteiger partial charge < -0.3 is 5.11 Å². The van der Waals surface area contributed by atoms with E-state index >= 15 is 0 Å². The quantitative estimate of drug-likeness (QED) is 0.668. The molecule has 5 heteroatoms. The summed E-state index contributed by atoms with van der Waals surface area (Å²) in [6.45, 7) is 1.27. The van der Waals surface area contributed by atoms with E-state index in [2.05, 4.69) is 15.6 Å². The molecule has 0 amide bonds. The van der Waals surface area contributed by atoms with E-state index in [1.807, 2.05) is 24.3 Å². The standard InChI is InChI=1S/C9H12N4O/c14-6-5-10-7-13-9-4-2-1-3-8(9)11-12-13/h1-4,10,14H,5-7H2. The first-order chi connectivity index (χ1) is 6.92. The Labute approximate surface area is 81.3 Å². The predicted molar refractivity (Wildman–Crippen MR) is 52.6 cm³/mol. The molecular formula is C9H12N4O. The van der Waals surface area contributed by atoms with Crippen molar-refractivity contribution in [2.24, 2.45) is 0 Å². The minimum absolute atomic E-state index is 0.132. The number of para-hydroxylation sites is 1. The average Bonchev–Trinajstić information content (AvgIpc) is 2.63. The molecule has 74 valence electrons. The molecule has 5 nitrogen and oxygen atoms in total. The summed E-state index contributed by atoms with van der Waals surface area (Å²) in [6.07, 6.45) is 0. The molecule has 1 heterocycles. The van der Waals surface area contributed by atoms with Crippen LogP contribution in [0, 0.1) is 0 Å². The van der Waals surface area contributed by atoms with Crippen molar-refractivity contribution < 1.29 is 5.11 Å². The van der Waals surface area contributed by atoms with Gasteiger partial charge in [0, 0.05) is 6.54 Å². The molecule has 1 aromatic heterocycles. The van der Waals surface area contributed by atoms with E-state index in [-0.39, 0.29) is 6.61 Å². The first kappa shape index (κ1) is 9.11. The Kier molecular flexibility index (Phi) is 2.71. The highest BCUT2D eigenvalue weighted by molar-refractivity contribution is 5.73. The van der Waals surface area contributed by atoms with Crippen LogP contribution in [0.1, 0.15) is 0 Å². The summed E-state index contributed by atoms with van der Waals surface area (Å²) in [4.78, 5) is 0. The maximum absolute atomic E-state index is 8.60.